The number of hydrogen-bond donors (Lipinski definition) is 0. The van der Waals surface area contributed by atoms with Crippen molar-refractivity contribution in [3.63, 3.8) is 0 Å². The summed E-state index contributed by atoms with van der Waals surface area (Å²) < 4.78 is 74.2. The number of hydrogen-bond acceptors (Lipinski definition) is 3. The van der Waals surface area contributed by atoms with Crippen LogP contribution in [0.5, 0.6) is 0 Å². The highest BCUT2D eigenvalue weighted by Crippen LogP contribution is 2.22. The van der Waals surface area contributed by atoms with Crippen molar-refractivity contribution in [2.45, 2.75) is 12.4 Å². The molecule has 16 heavy (non-hydrogen) atoms. The number of alkyl halides is 6. The summed E-state index contributed by atoms with van der Waals surface area (Å²) in [6.45, 7) is 0. The number of ether oxygens (including phenoxy) is 1. The first kappa shape index (κ1) is 14.4. The topological polar surface area (TPSA) is 55.7 Å². The van der Waals surface area contributed by atoms with E-state index in [4.69, 9.17) is 0 Å². The maximum atomic E-state index is 12.0. The molecule has 0 aromatic heterocycles. The third kappa shape index (κ3) is 3.87. The molecule has 0 rings (SSSR count). The lowest BCUT2D eigenvalue weighted by molar-refractivity contribution is -0.170. The Morgan fingerprint density at radius 3 is 1.69 bits per heavy atom. The molecule has 0 aliphatic rings. The lowest BCUT2D eigenvalue weighted by Crippen LogP contribution is -2.35. The zero-order valence-corrected chi connectivity index (χ0v) is 7.44. The third-order valence-electron chi connectivity index (χ3n) is 1.10. The third-order valence-corrected chi connectivity index (χ3v) is 1.10. The summed E-state index contributed by atoms with van der Waals surface area (Å²) in [4.78, 5) is 22.2. The van der Waals surface area contributed by atoms with E-state index in [0.29, 0.717) is 7.11 Å². The summed E-state index contributed by atoms with van der Waals surface area (Å²) in [6.07, 6.45) is -11.1. The van der Waals surface area contributed by atoms with Crippen molar-refractivity contribution in [3.05, 3.63) is 0 Å². The highest BCUT2D eigenvalue weighted by atomic mass is 19.4. The summed E-state index contributed by atoms with van der Waals surface area (Å²) in [7, 11) is 0.502. The number of carbonyl (C=O) groups excluding carboxylic acids is 2. The molecule has 0 radical (unpaired) electrons. The van der Waals surface area contributed by atoms with E-state index in [-0.39, 0.29) is 0 Å². The highest BCUT2D eigenvalue weighted by molar-refractivity contribution is 6.40. The molecule has 0 spiro atoms. The second-order valence-corrected chi connectivity index (χ2v) is 2.25. The van der Waals surface area contributed by atoms with Crippen LogP contribution in [0.25, 0.3) is 0 Å². The highest BCUT2D eigenvalue weighted by Gasteiger charge is 2.46. The minimum Gasteiger partial charge on any atom is -0.464 e. The van der Waals surface area contributed by atoms with Crippen LogP contribution in [-0.2, 0) is 14.3 Å². The van der Waals surface area contributed by atoms with E-state index in [1.807, 2.05) is 0 Å². The predicted molar refractivity (Wildman–Crippen MR) is 36.6 cm³/mol. The van der Waals surface area contributed by atoms with E-state index in [0.717, 1.165) is 0 Å². The lowest BCUT2D eigenvalue weighted by Gasteiger charge is -2.08. The molecular formula is C6H3F6NO3. The summed E-state index contributed by atoms with van der Waals surface area (Å²) in [5, 5.41) is 0. The molecule has 92 valence electrons. The van der Waals surface area contributed by atoms with Crippen molar-refractivity contribution in [2.24, 2.45) is 4.99 Å². The van der Waals surface area contributed by atoms with Gasteiger partial charge in [0.15, 0.2) is 0 Å². The molecule has 0 aliphatic carbocycles. The maximum Gasteiger partial charge on any atom is 0.473 e. The number of halogens is 6. The van der Waals surface area contributed by atoms with Gasteiger partial charge in [-0.15, -0.1) is 0 Å². The van der Waals surface area contributed by atoms with Gasteiger partial charge in [0.1, 0.15) is 0 Å². The van der Waals surface area contributed by atoms with Gasteiger partial charge in [-0.3, -0.25) is 4.79 Å². The molecule has 10 heteroatoms. The molecule has 1 amide bonds. The summed E-state index contributed by atoms with van der Waals surface area (Å²) >= 11 is 0. The molecule has 0 unspecified atom stereocenters. The van der Waals surface area contributed by atoms with Crippen molar-refractivity contribution < 1.29 is 40.7 Å². The molecular weight excluding hydrogens is 248 g/mol. The predicted octanol–water partition coefficient (Wildman–Crippen LogP) is 1.25. The van der Waals surface area contributed by atoms with Gasteiger partial charge < -0.3 is 4.74 Å². The first-order valence-electron chi connectivity index (χ1n) is 3.35. The van der Waals surface area contributed by atoms with Gasteiger partial charge in [0.2, 0.25) is 5.71 Å². The van der Waals surface area contributed by atoms with Crippen LogP contribution in [0, 0.1) is 0 Å². The minimum atomic E-state index is -5.59. The Bertz CT molecular complexity index is 328. The van der Waals surface area contributed by atoms with Crippen molar-refractivity contribution in [2.75, 3.05) is 7.11 Å². The van der Waals surface area contributed by atoms with Gasteiger partial charge >= 0.3 is 24.2 Å². The first-order valence-corrected chi connectivity index (χ1v) is 3.35. The molecule has 0 fully saturated rings. The number of nitrogens with zero attached hydrogens (tertiary/aromatic N) is 1. The molecule has 0 saturated carbocycles. The fraction of sp³-hybridized carbons (Fsp3) is 0.500. The molecule has 0 aliphatic heterocycles. The lowest BCUT2D eigenvalue weighted by atomic mass is 10.3. The molecule has 0 heterocycles. The zero-order chi connectivity index (χ0) is 13.1. The second-order valence-electron chi connectivity index (χ2n) is 2.25. The fourth-order valence-electron chi connectivity index (χ4n) is 0.486. The number of aliphatic imine (C=N–C) groups is 1. The largest absolute Gasteiger partial charge is 0.473 e. The van der Waals surface area contributed by atoms with Gasteiger partial charge in [-0.25, -0.2) is 4.79 Å². The minimum absolute atomic E-state index is 0.502. The van der Waals surface area contributed by atoms with E-state index in [2.05, 4.69) is 4.74 Å². The summed E-state index contributed by atoms with van der Waals surface area (Å²) in [5.41, 5.74) is -2.56. The first-order chi connectivity index (χ1) is 7.00. The molecule has 0 saturated heterocycles. The van der Waals surface area contributed by atoms with Gasteiger partial charge in [0, 0.05) is 0 Å². The molecule has 0 N–H and O–H groups in total. The Labute approximate surface area is 83.9 Å². The zero-order valence-electron chi connectivity index (χ0n) is 7.44. The molecule has 0 bridgehead atoms. The maximum absolute atomic E-state index is 12.0. The van der Waals surface area contributed by atoms with E-state index in [1.54, 1.807) is 4.99 Å². The van der Waals surface area contributed by atoms with Crippen molar-refractivity contribution >= 4 is 17.6 Å². The van der Waals surface area contributed by atoms with Gasteiger partial charge in [-0.05, 0) is 0 Å². The van der Waals surface area contributed by atoms with Gasteiger partial charge in [-0.1, -0.05) is 0 Å². The molecule has 0 aromatic carbocycles. The second kappa shape index (κ2) is 4.49. The molecule has 4 nitrogen and oxygen atoms in total. The quantitative estimate of drug-likeness (QED) is 0.400. The summed E-state index contributed by atoms with van der Waals surface area (Å²) in [6, 6.07) is 0. The van der Waals surface area contributed by atoms with Crippen LogP contribution in [0.2, 0.25) is 0 Å². The van der Waals surface area contributed by atoms with Crippen LogP contribution in [0.1, 0.15) is 0 Å². The Morgan fingerprint density at radius 2 is 1.44 bits per heavy atom. The van der Waals surface area contributed by atoms with Crippen LogP contribution < -0.4 is 0 Å². The number of rotatable bonds is 1. The molecule has 0 aromatic rings. The summed E-state index contributed by atoms with van der Waals surface area (Å²) in [5.74, 6) is -5.21. The van der Waals surface area contributed by atoms with Gasteiger partial charge in [0.25, 0.3) is 0 Å². The van der Waals surface area contributed by atoms with Gasteiger partial charge in [-0.2, -0.15) is 31.3 Å². The fourth-order valence-corrected chi connectivity index (χ4v) is 0.486. The molecule has 0 atom stereocenters. The number of amides is 1. The Kier molecular flexibility index (Phi) is 4.04. The Balaban J connectivity index is 5.31. The van der Waals surface area contributed by atoms with E-state index in [1.165, 1.54) is 0 Å². The van der Waals surface area contributed by atoms with E-state index >= 15 is 0 Å². The standard InChI is InChI=1S/C6H3F6NO3/c1-16-3(14)2(5(7,8)9)13-4(15)6(10,11)12/h1H3. The monoisotopic (exact) mass is 251 g/mol. The smallest absolute Gasteiger partial charge is 0.464 e. The number of carbonyl (C=O) groups is 2. The number of esters is 1. The van der Waals surface area contributed by atoms with Crippen LogP contribution in [0.3, 0.4) is 0 Å². The van der Waals surface area contributed by atoms with Crippen LogP contribution >= 0.6 is 0 Å². The number of methoxy groups -OCH3 is 1. The average molecular weight is 251 g/mol. The van der Waals surface area contributed by atoms with E-state index < -0.39 is 29.9 Å². The van der Waals surface area contributed by atoms with Crippen LogP contribution in [-0.4, -0.2) is 37.1 Å². The van der Waals surface area contributed by atoms with Gasteiger partial charge in [0.05, 0.1) is 7.11 Å². The SMILES string of the molecule is COC(=O)C(=NC(=O)C(F)(F)F)C(F)(F)F. The Hall–Kier alpha value is -1.61. The van der Waals surface area contributed by atoms with Crippen LogP contribution in [0.15, 0.2) is 4.99 Å². The Morgan fingerprint density at radius 1 is 1.00 bits per heavy atom. The normalized spacial score (nSPS) is 13.6. The van der Waals surface area contributed by atoms with Crippen molar-refractivity contribution in [3.8, 4) is 0 Å². The van der Waals surface area contributed by atoms with Crippen molar-refractivity contribution in [1.82, 2.24) is 0 Å². The average Bonchev–Trinajstić information content (AvgIpc) is 2.09. The van der Waals surface area contributed by atoms with E-state index in [9.17, 15) is 35.9 Å². The van der Waals surface area contributed by atoms with Crippen molar-refractivity contribution in [1.29, 1.82) is 0 Å². The van der Waals surface area contributed by atoms with Crippen LogP contribution in [0.4, 0.5) is 26.3 Å².